The third kappa shape index (κ3) is 1.59. The van der Waals surface area contributed by atoms with Crippen molar-refractivity contribution in [3.63, 3.8) is 0 Å². The van der Waals surface area contributed by atoms with E-state index in [1.807, 2.05) is 19.1 Å². The van der Waals surface area contributed by atoms with Gasteiger partial charge in [0.15, 0.2) is 0 Å². The van der Waals surface area contributed by atoms with E-state index in [4.69, 9.17) is 5.26 Å². The largest absolute Gasteiger partial charge is 0.192 e. The summed E-state index contributed by atoms with van der Waals surface area (Å²) in [6.45, 7) is 4.05. The van der Waals surface area contributed by atoms with Crippen molar-refractivity contribution in [3.05, 3.63) is 34.9 Å². The molecule has 1 heteroatoms. The summed E-state index contributed by atoms with van der Waals surface area (Å²) in [4.78, 5) is 0. The van der Waals surface area contributed by atoms with E-state index in [1.54, 1.807) is 0 Å². The van der Waals surface area contributed by atoms with Gasteiger partial charge in [-0.05, 0) is 30.5 Å². The maximum absolute atomic E-state index is 8.69. The fourth-order valence-electron chi connectivity index (χ4n) is 1.01. The molecule has 0 fully saturated rings. The van der Waals surface area contributed by atoms with Gasteiger partial charge in [0.1, 0.15) is 0 Å². The molecule has 11 heavy (non-hydrogen) atoms. The van der Waals surface area contributed by atoms with E-state index in [0.29, 0.717) is 0 Å². The normalized spacial score (nSPS) is 9.18. The van der Waals surface area contributed by atoms with Crippen molar-refractivity contribution in [2.75, 3.05) is 0 Å². The van der Waals surface area contributed by atoms with Crippen LogP contribution in [0.2, 0.25) is 0 Å². The smallest absolute Gasteiger partial charge is 0.0994 e. The molecule has 56 valence electrons. The minimum atomic E-state index is 0.796. The van der Waals surface area contributed by atoms with E-state index >= 15 is 0 Å². The van der Waals surface area contributed by atoms with Crippen LogP contribution >= 0.6 is 0 Å². The lowest BCUT2D eigenvalue weighted by atomic mass is 10.0. The highest BCUT2D eigenvalue weighted by molar-refractivity contribution is 5.39. The van der Waals surface area contributed by atoms with Crippen LogP contribution < -0.4 is 0 Å². The van der Waals surface area contributed by atoms with Gasteiger partial charge in [0, 0.05) is 0 Å². The lowest BCUT2D eigenvalue weighted by Crippen LogP contribution is -1.85. The van der Waals surface area contributed by atoms with Gasteiger partial charge in [0.2, 0.25) is 0 Å². The van der Waals surface area contributed by atoms with E-state index < -0.39 is 0 Å². The van der Waals surface area contributed by atoms with Crippen LogP contribution in [-0.2, 0) is 6.42 Å². The van der Waals surface area contributed by atoms with Gasteiger partial charge in [0.05, 0.1) is 11.6 Å². The van der Waals surface area contributed by atoms with Gasteiger partial charge in [-0.15, -0.1) is 0 Å². The maximum Gasteiger partial charge on any atom is 0.0994 e. The van der Waals surface area contributed by atoms with Crippen LogP contribution in [0.4, 0.5) is 0 Å². The average molecular weight is 145 g/mol. The Morgan fingerprint density at radius 2 is 2.18 bits per heavy atom. The summed E-state index contributed by atoms with van der Waals surface area (Å²) >= 11 is 0. The quantitative estimate of drug-likeness (QED) is 0.595. The molecule has 0 spiro atoms. The Morgan fingerprint density at radius 3 is 2.73 bits per heavy atom. The number of benzene rings is 1. The highest BCUT2D eigenvalue weighted by Crippen LogP contribution is 2.09. The zero-order valence-corrected chi connectivity index (χ0v) is 6.89. The third-order valence-corrected chi connectivity index (χ3v) is 1.83. The Balaban J connectivity index is 3.15. The Kier molecular flexibility index (Phi) is 2.28. The zero-order chi connectivity index (χ0) is 8.27. The number of hydrogen-bond donors (Lipinski definition) is 0. The lowest BCUT2D eigenvalue weighted by molar-refractivity contribution is 1.13. The molecule has 0 aliphatic rings. The van der Waals surface area contributed by atoms with Gasteiger partial charge in [-0.3, -0.25) is 0 Å². The Labute approximate surface area is 67.3 Å². The molecular formula is C10H11N. The summed E-state index contributed by atoms with van der Waals surface area (Å²) in [6.07, 6.45) is 0.995. The third-order valence-electron chi connectivity index (χ3n) is 1.83. The summed E-state index contributed by atoms with van der Waals surface area (Å²) < 4.78 is 0. The molecule has 0 heterocycles. The van der Waals surface area contributed by atoms with E-state index in [1.165, 1.54) is 5.56 Å². The SMILES string of the molecule is CCc1ccc(C)c(C#N)c1. The molecule has 0 saturated heterocycles. The van der Waals surface area contributed by atoms with E-state index in [-0.39, 0.29) is 0 Å². The first-order chi connectivity index (χ1) is 5.27. The highest BCUT2D eigenvalue weighted by atomic mass is 14.2. The Morgan fingerprint density at radius 1 is 1.45 bits per heavy atom. The highest BCUT2D eigenvalue weighted by Gasteiger charge is 1.96. The molecule has 0 radical (unpaired) electrons. The second-order valence-electron chi connectivity index (χ2n) is 2.61. The first-order valence-corrected chi connectivity index (χ1v) is 3.77. The zero-order valence-electron chi connectivity index (χ0n) is 6.89. The summed E-state index contributed by atoms with van der Waals surface area (Å²) in [5.41, 5.74) is 3.08. The fourth-order valence-corrected chi connectivity index (χ4v) is 1.01. The summed E-state index contributed by atoms with van der Waals surface area (Å²) in [6, 6.07) is 8.19. The summed E-state index contributed by atoms with van der Waals surface area (Å²) in [5.74, 6) is 0. The topological polar surface area (TPSA) is 23.8 Å². The number of nitriles is 1. The first kappa shape index (κ1) is 7.81. The van der Waals surface area contributed by atoms with Crippen LogP contribution in [0, 0.1) is 18.3 Å². The number of rotatable bonds is 1. The van der Waals surface area contributed by atoms with Gasteiger partial charge in [-0.25, -0.2) is 0 Å². The Bertz CT molecular complexity index is 294. The molecule has 1 rings (SSSR count). The van der Waals surface area contributed by atoms with Crippen LogP contribution in [0.3, 0.4) is 0 Å². The standard InChI is InChI=1S/C10H11N/c1-3-9-5-4-8(2)10(6-9)7-11/h4-6H,3H2,1-2H3. The number of hydrogen-bond acceptors (Lipinski definition) is 1. The van der Waals surface area contributed by atoms with Gasteiger partial charge in [-0.1, -0.05) is 19.1 Å². The van der Waals surface area contributed by atoms with Crippen molar-refractivity contribution in [1.82, 2.24) is 0 Å². The van der Waals surface area contributed by atoms with E-state index in [0.717, 1.165) is 17.5 Å². The molecule has 0 saturated carbocycles. The molecule has 0 aliphatic carbocycles. The van der Waals surface area contributed by atoms with Crippen LogP contribution in [-0.4, -0.2) is 0 Å². The van der Waals surface area contributed by atoms with Crippen molar-refractivity contribution in [1.29, 1.82) is 5.26 Å². The van der Waals surface area contributed by atoms with Crippen molar-refractivity contribution in [2.45, 2.75) is 20.3 Å². The molecule has 0 bridgehead atoms. The maximum atomic E-state index is 8.69. The minimum absolute atomic E-state index is 0.796. The summed E-state index contributed by atoms with van der Waals surface area (Å²) in [7, 11) is 0. The fraction of sp³-hybridized carbons (Fsp3) is 0.300. The van der Waals surface area contributed by atoms with E-state index in [2.05, 4.69) is 19.1 Å². The molecular weight excluding hydrogens is 134 g/mol. The average Bonchev–Trinajstić information content (AvgIpc) is 2.05. The monoisotopic (exact) mass is 145 g/mol. The molecule has 1 aromatic carbocycles. The van der Waals surface area contributed by atoms with Gasteiger partial charge in [0.25, 0.3) is 0 Å². The van der Waals surface area contributed by atoms with E-state index in [9.17, 15) is 0 Å². The minimum Gasteiger partial charge on any atom is -0.192 e. The first-order valence-electron chi connectivity index (χ1n) is 3.77. The van der Waals surface area contributed by atoms with Crippen LogP contribution in [0.25, 0.3) is 0 Å². The van der Waals surface area contributed by atoms with Gasteiger partial charge >= 0.3 is 0 Å². The molecule has 1 aromatic rings. The second kappa shape index (κ2) is 3.21. The van der Waals surface area contributed by atoms with Crippen molar-refractivity contribution >= 4 is 0 Å². The molecule has 0 atom stereocenters. The molecule has 0 aliphatic heterocycles. The second-order valence-corrected chi connectivity index (χ2v) is 2.61. The van der Waals surface area contributed by atoms with Crippen molar-refractivity contribution < 1.29 is 0 Å². The molecule has 0 N–H and O–H groups in total. The van der Waals surface area contributed by atoms with Gasteiger partial charge < -0.3 is 0 Å². The lowest BCUT2D eigenvalue weighted by Gasteiger charge is -1.99. The van der Waals surface area contributed by atoms with Crippen molar-refractivity contribution in [2.24, 2.45) is 0 Å². The number of nitrogens with zero attached hydrogens (tertiary/aromatic N) is 1. The molecule has 0 aromatic heterocycles. The molecule has 0 unspecified atom stereocenters. The number of aryl methyl sites for hydroxylation is 2. The van der Waals surface area contributed by atoms with Crippen LogP contribution in [0.1, 0.15) is 23.6 Å². The summed E-state index contributed by atoms with van der Waals surface area (Å²) in [5, 5.41) is 8.69. The predicted molar refractivity (Wildman–Crippen MR) is 45.3 cm³/mol. The van der Waals surface area contributed by atoms with Crippen LogP contribution in [0.15, 0.2) is 18.2 Å². The van der Waals surface area contributed by atoms with Crippen LogP contribution in [0.5, 0.6) is 0 Å². The predicted octanol–water partition coefficient (Wildman–Crippen LogP) is 2.43. The van der Waals surface area contributed by atoms with Crippen molar-refractivity contribution in [3.8, 4) is 6.07 Å². The van der Waals surface area contributed by atoms with Gasteiger partial charge in [-0.2, -0.15) is 5.26 Å². The Hall–Kier alpha value is -1.29. The molecule has 1 nitrogen and oxygen atoms in total. The molecule has 0 amide bonds.